The number of thiocarbonyl (C=S) groups is 1. The molecule has 0 atom stereocenters. The Bertz CT molecular complexity index is 632. The second-order valence-corrected chi connectivity index (χ2v) is 4.96. The summed E-state index contributed by atoms with van der Waals surface area (Å²) < 4.78 is 10.6. The zero-order chi connectivity index (χ0) is 15.2. The van der Waals surface area contributed by atoms with Gasteiger partial charge in [-0.2, -0.15) is 0 Å². The standard InChI is InChI=1S/C17H16O3S/c1-19-16-4-3-5-17(20-2)14(16)10-11-15(18)12-6-8-13(21)9-7-12/h3-8,10-11H,9H2,1-2H3. The van der Waals surface area contributed by atoms with E-state index in [1.165, 1.54) is 6.08 Å². The Labute approximate surface area is 129 Å². The van der Waals surface area contributed by atoms with Crippen LogP contribution in [0.5, 0.6) is 11.5 Å². The molecule has 0 spiro atoms. The summed E-state index contributed by atoms with van der Waals surface area (Å²) in [5.41, 5.74) is 1.39. The number of hydrogen-bond acceptors (Lipinski definition) is 4. The highest BCUT2D eigenvalue weighted by Crippen LogP contribution is 2.29. The molecule has 1 aliphatic carbocycles. The highest BCUT2D eigenvalue weighted by molar-refractivity contribution is 7.80. The van der Waals surface area contributed by atoms with Crippen molar-refractivity contribution in [1.29, 1.82) is 0 Å². The largest absolute Gasteiger partial charge is 0.496 e. The van der Waals surface area contributed by atoms with Crippen LogP contribution in [0, 0.1) is 0 Å². The number of rotatable bonds is 5. The van der Waals surface area contributed by atoms with Crippen LogP contribution in [-0.2, 0) is 4.79 Å². The van der Waals surface area contributed by atoms with Crippen LogP contribution in [0.4, 0.5) is 0 Å². The molecule has 3 nitrogen and oxygen atoms in total. The maximum atomic E-state index is 12.1. The van der Waals surface area contributed by atoms with Gasteiger partial charge in [0.05, 0.1) is 19.8 Å². The molecule has 0 amide bonds. The van der Waals surface area contributed by atoms with Crippen molar-refractivity contribution in [2.75, 3.05) is 14.2 Å². The fourth-order valence-corrected chi connectivity index (χ4v) is 2.16. The number of methoxy groups -OCH3 is 2. The predicted octanol–water partition coefficient (Wildman–Crippen LogP) is 3.54. The third-order valence-electron chi connectivity index (χ3n) is 3.12. The predicted molar refractivity (Wildman–Crippen MR) is 88.0 cm³/mol. The highest BCUT2D eigenvalue weighted by atomic mass is 32.1. The van der Waals surface area contributed by atoms with E-state index >= 15 is 0 Å². The normalized spacial score (nSPS) is 14.2. The lowest BCUT2D eigenvalue weighted by Gasteiger charge is -2.09. The summed E-state index contributed by atoms with van der Waals surface area (Å²) >= 11 is 5.06. The molecule has 0 fully saturated rings. The molecule has 2 rings (SSSR count). The Morgan fingerprint density at radius 2 is 1.86 bits per heavy atom. The van der Waals surface area contributed by atoms with Gasteiger partial charge >= 0.3 is 0 Å². The van der Waals surface area contributed by atoms with Crippen LogP contribution in [0.15, 0.2) is 48.1 Å². The van der Waals surface area contributed by atoms with Crippen LogP contribution in [0.2, 0.25) is 0 Å². The van der Waals surface area contributed by atoms with E-state index in [1.54, 1.807) is 32.4 Å². The molecular formula is C17H16O3S. The van der Waals surface area contributed by atoms with Crippen molar-refractivity contribution in [1.82, 2.24) is 0 Å². The molecule has 4 heteroatoms. The first-order valence-corrected chi connectivity index (χ1v) is 6.91. The quantitative estimate of drug-likeness (QED) is 0.615. The monoisotopic (exact) mass is 300 g/mol. The lowest BCUT2D eigenvalue weighted by atomic mass is 10.0. The molecule has 0 aliphatic heterocycles. The number of hydrogen-bond donors (Lipinski definition) is 0. The Kier molecular flexibility index (Phi) is 5.06. The van der Waals surface area contributed by atoms with Crippen LogP contribution in [-0.4, -0.2) is 24.9 Å². The van der Waals surface area contributed by atoms with Gasteiger partial charge in [0.2, 0.25) is 0 Å². The minimum Gasteiger partial charge on any atom is -0.496 e. The van der Waals surface area contributed by atoms with Crippen LogP contribution in [0.25, 0.3) is 6.08 Å². The molecular weight excluding hydrogens is 284 g/mol. The molecule has 0 N–H and O–H groups in total. The van der Waals surface area contributed by atoms with Crippen molar-refractivity contribution in [3.05, 3.63) is 53.6 Å². The van der Waals surface area contributed by atoms with Crippen molar-refractivity contribution >= 4 is 28.9 Å². The van der Waals surface area contributed by atoms with E-state index in [9.17, 15) is 4.79 Å². The zero-order valence-electron chi connectivity index (χ0n) is 12.0. The summed E-state index contributed by atoms with van der Waals surface area (Å²) in [5.74, 6) is 1.25. The highest BCUT2D eigenvalue weighted by Gasteiger charge is 2.10. The first-order valence-electron chi connectivity index (χ1n) is 6.50. The first-order chi connectivity index (χ1) is 10.2. The minimum atomic E-state index is -0.0679. The molecule has 0 saturated carbocycles. The van der Waals surface area contributed by atoms with Gasteiger partial charge in [0.25, 0.3) is 0 Å². The summed E-state index contributed by atoms with van der Waals surface area (Å²) in [6.07, 6.45) is 9.25. The van der Waals surface area contributed by atoms with Gasteiger partial charge in [-0.3, -0.25) is 4.79 Å². The van der Waals surface area contributed by atoms with Crippen molar-refractivity contribution < 1.29 is 14.3 Å². The number of ether oxygens (including phenoxy) is 2. The molecule has 0 radical (unpaired) electrons. The second-order valence-electron chi connectivity index (χ2n) is 4.44. The van der Waals surface area contributed by atoms with Gasteiger partial charge in [0.1, 0.15) is 11.5 Å². The number of benzene rings is 1. The van der Waals surface area contributed by atoms with Gasteiger partial charge < -0.3 is 9.47 Å². The van der Waals surface area contributed by atoms with Gasteiger partial charge in [-0.15, -0.1) is 0 Å². The minimum absolute atomic E-state index is 0.0679. The lowest BCUT2D eigenvalue weighted by molar-refractivity contribution is -0.111. The second kappa shape index (κ2) is 6.99. The van der Waals surface area contributed by atoms with Gasteiger partial charge in [-0.25, -0.2) is 0 Å². The molecule has 0 saturated heterocycles. The molecule has 0 bridgehead atoms. The number of carbonyl (C=O) groups is 1. The molecule has 0 heterocycles. The van der Waals surface area contributed by atoms with Crippen molar-refractivity contribution in [3.63, 3.8) is 0 Å². The fourth-order valence-electron chi connectivity index (χ4n) is 2.01. The summed E-state index contributed by atoms with van der Waals surface area (Å²) in [5, 5.41) is 0. The van der Waals surface area contributed by atoms with Gasteiger partial charge in [-0.05, 0) is 30.4 Å². The number of allylic oxidation sites excluding steroid dienone is 5. The maximum Gasteiger partial charge on any atom is 0.185 e. The van der Waals surface area contributed by atoms with Crippen LogP contribution in [0.3, 0.4) is 0 Å². The Morgan fingerprint density at radius 3 is 2.38 bits per heavy atom. The number of ketones is 1. The van der Waals surface area contributed by atoms with E-state index in [2.05, 4.69) is 0 Å². The van der Waals surface area contributed by atoms with E-state index in [1.807, 2.05) is 24.3 Å². The summed E-state index contributed by atoms with van der Waals surface area (Å²) in [6, 6.07) is 5.49. The third kappa shape index (κ3) is 3.67. The Morgan fingerprint density at radius 1 is 1.19 bits per heavy atom. The topological polar surface area (TPSA) is 35.5 Å². The molecule has 1 aliphatic rings. The van der Waals surface area contributed by atoms with E-state index in [4.69, 9.17) is 21.7 Å². The smallest absolute Gasteiger partial charge is 0.185 e. The number of carbonyl (C=O) groups excluding carboxylic acids is 1. The van der Waals surface area contributed by atoms with E-state index in [0.717, 1.165) is 10.4 Å². The zero-order valence-corrected chi connectivity index (χ0v) is 12.8. The summed E-state index contributed by atoms with van der Waals surface area (Å²) in [4.78, 5) is 13.0. The van der Waals surface area contributed by atoms with E-state index in [-0.39, 0.29) is 5.78 Å². The average molecular weight is 300 g/mol. The SMILES string of the molecule is COc1cccc(OC)c1C=CC(=O)C1=CCC(=S)C=C1. The molecule has 1 aromatic carbocycles. The fraction of sp³-hybridized carbons (Fsp3) is 0.176. The van der Waals surface area contributed by atoms with Gasteiger partial charge in [-0.1, -0.05) is 30.4 Å². The summed E-state index contributed by atoms with van der Waals surface area (Å²) in [6.45, 7) is 0. The van der Waals surface area contributed by atoms with Crippen LogP contribution >= 0.6 is 12.2 Å². The van der Waals surface area contributed by atoms with E-state index < -0.39 is 0 Å². The van der Waals surface area contributed by atoms with Crippen molar-refractivity contribution in [3.8, 4) is 11.5 Å². The Balaban J connectivity index is 2.23. The van der Waals surface area contributed by atoms with Crippen LogP contribution in [0.1, 0.15) is 12.0 Å². The van der Waals surface area contributed by atoms with Crippen LogP contribution < -0.4 is 9.47 Å². The average Bonchev–Trinajstić information content (AvgIpc) is 2.52. The first kappa shape index (κ1) is 15.2. The van der Waals surface area contributed by atoms with E-state index in [0.29, 0.717) is 23.5 Å². The molecule has 1 aromatic rings. The molecule has 0 aromatic heterocycles. The molecule has 21 heavy (non-hydrogen) atoms. The van der Waals surface area contributed by atoms with Gasteiger partial charge in [0, 0.05) is 16.9 Å². The lowest BCUT2D eigenvalue weighted by Crippen LogP contribution is -2.02. The Hall–Kier alpha value is -2.20. The molecule has 108 valence electrons. The van der Waals surface area contributed by atoms with Crippen molar-refractivity contribution in [2.45, 2.75) is 6.42 Å². The van der Waals surface area contributed by atoms with Gasteiger partial charge in [0.15, 0.2) is 5.78 Å². The van der Waals surface area contributed by atoms with Crippen molar-refractivity contribution in [2.24, 2.45) is 0 Å². The molecule has 0 unspecified atom stereocenters. The maximum absolute atomic E-state index is 12.1. The summed E-state index contributed by atoms with van der Waals surface area (Å²) in [7, 11) is 3.17. The third-order valence-corrected chi connectivity index (χ3v) is 3.43.